The summed E-state index contributed by atoms with van der Waals surface area (Å²) in [6.45, 7) is 2.37. The van der Waals surface area contributed by atoms with E-state index in [0.717, 1.165) is 25.7 Å². The number of allylic oxidation sites excluding steroid dienone is 2. The van der Waals surface area contributed by atoms with E-state index in [9.17, 15) is 15.3 Å². The van der Waals surface area contributed by atoms with Gasteiger partial charge in [-0.15, -0.1) is 0 Å². The second-order valence-electron chi connectivity index (χ2n) is 5.22. The summed E-state index contributed by atoms with van der Waals surface area (Å²) in [6.07, 6.45) is 6.54. The van der Waals surface area contributed by atoms with Crippen molar-refractivity contribution in [1.29, 1.82) is 0 Å². The Kier molecular flexibility index (Phi) is 9.05. The van der Waals surface area contributed by atoms with E-state index in [0.29, 0.717) is 6.61 Å². The Morgan fingerprint density at radius 3 is 2.65 bits per heavy atom. The van der Waals surface area contributed by atoms with Crippen molar-refractivity contribution >= 4 is 0 Å². The van der Waals surface area contributed by atoms with Gasteiger partial charge in [0.15, 0.2) is 0 Å². The highest BCUT2D eigenvalue weighted by molar-refractivity contribution is 4.87. The summed E-state index contributed by atoms with van der Waals surface area (Å²) in [4.78, 5) is 0. The molecule has 0 unspecified atom stereocenters. The van der Waals surface area contributed by atoms with Crippen molar-refractivity contribution in [3.05, 3.63) is 12.2 Å². The first-order chi connectivity index (χ1) is 9.70. The molecule has 4 atom stereocenters. The van der Waals surface area contributed by atoms with E-state index < -0.39 is 24.4 Å². The predicted octanol–water partition coefficient (Wildman–Crippen LogP) is 1.01. The average Bonchev–Trinajstić information content (AvgIpc) is 2.46. The van der Waals surface area contributed by atoms with Gasteiger partial charge in [0.25, 0.3) is 0 Å². The van der Waals surface area contributed by atoms with E-state index >= 15 is 0 Å². The molecule has 3 N–H and O–H groups in total. The number of rotatable bonds is 9. The third-order valence-corrected chi connectivity index (χ3v) is 3.57. The largest absolute Gasteiger partial charge is 0.394 e. The highest BCUT2D eigenvalue weighted by Crippen LogP contribution is 2.19. The lowest BCUT2D eigenvalue weighted by atomic mass is 10.0. The van der Waals surface area contributed by atoms with Crippen LogP contribution in [0.25, 0.3) is 0 Å². The number of unbranched alkanes of at least 4 members (excludes halogenated alkanes) is 4. The van der Waals surface area contributed by atoms with Crippen LogP contribution in [0.2, 0.25) is 0 Å². The van der Waals surface area contributed by atoms with Gasteiger partial charge in [-0.1, -0.05) is 25.0 Å². The molecule has 0 bridgehead atoms. The van der Waals surface area contributed by atoms with Crippen molar-refractivity contribution in [1.82, 2.24) is 0 Å². The van der Waals surface area contributed by atoms with E-state index in [2.05, 4.69) is 12.2 Å². The molecule has 0 aromatic carbocycles. The van der Waals surface area contributed by atoms with Crippen LogP contribution in [0.4, 0.5) is 0 Å². The Balaban J connectivity index is 2.15. The normalized spacial score (nSPS) is 31.0. The van der Waals surface area contributed by atoms with Crippen LogP contribution < -0.4 is 0 Å². The maximum Gasteiger partial charge on any atom is 0.114 e. The Morgan fingerprint density at radius 2 is 1.95 bits per heavy atom. The van der Waals surface area contributed by atoms with Crippen LogP contribution in [-0.2, 0) is 9.47 Å². The minimum Gasteiger partial charge on any atom is -0.394 e. The summed E-state index contributed by atoms with van der Waals surface area (Å²) in [5.74, 6) is 0. The fraction of sp³-hybridized carbons (Fsp3) is 0.867. The second-order valence-corrected chi connectivity index (χ2v) is 5.22. The van der Waals surface area contributed by atoms with Crippen LogP contribution >= 0.6 is 0 Å². The van der Waals surface area contributed by atoms with E-state index in [4.69, 9.17) is 9.47 Å². The van der Waals surface area contributed by atoms with Gasteiger partial charge in [-0.2, -0.15) is 0 Å². The van der Waals surface area contributed by atoms with Crippen molar-refractivity contribution in [2.75, 3.05) is 19.8 Å². The highest BCUT2D eigenvalue weighted by Gasteiger charge is 2.39. The molecule has 0 aliphatic carbocycles. The molecule has 118 valence electrons. The zero-order valence-electron chi connectivity index (χ0n) is 12.3. The van der Waals surface area contributed by atoms with Crippen molar-refractivity contribution < 1.29 is 24.8 Å². The van der Waals surface area contributed by atoms with Gasteiger partial charge in [-0.25, -0.2) is 0 Å². The monoisotopic (exact) mass is 288 g/mol. The molecule has 0 amide bonds. The standard InChI is InChI=1S/C15H28O5/c1-2-3-4-5-6-7-8-9-19-15-13(10-16)20-11-12(17)14(15)18/h2-3,12-18H,4-11H2,1H3/b3-2+/t12-,13+,14+,15+/m1/s1. The summed E-state index contributed by atoms with van der Waals surface area (Å²) in [6, 6.07) is 0. The van der Waals surface area contributed by atoms with Gasteiger partial charge in [0.1, 0.15) is 24.4 Å². The minimum atomic E-state index is -0.990. The maximum atomic E-state index is 9.87. The van der Waals surface area contributed by atoms with Crippen LogP contribution in [0.3, 0.4) is 0 Å². The topological polar surface area (TPSA) is 79.2 Å². The van der Waals surface area contributed by atoms with E-state index in [1.54, 1.807) is 0 Å². The van der Waals surface area contributed by atoms with E-state index in [1.807, 2.05) is 6.92 Å². The summed E-state index contributed by atoms with van der Waals surface area (Å²) in [7, 11) is 0. The van der Waals surface area contributed by atoms with E-state index in [-0.39, 0.29) is 13.2 Å². The lowest BCUT2D eigenvalue weighted by Gasteiger charge is -2.37. The molecule has 0 aromatic heterocycles. The highest BCUT2D eigenvalue weighted by atomic mass is 16.6. The van der Waals surface area contributed by atoms with Crippen molar-refractivity contribution in [2.24, 2.45) is 0 Å². The van der Waals surface area contributed by atoms with Crippen molar-refractivity contribution in [3.63, 3.8) is 0 Å². The van der Waals surface area contributed by atoms with Crippen LogP contribution in [0.1, 0.15) is 39.0 Å². The number of ether oxygens (including phenoxy) is 2. The third-order valence-electron chi connectivity index (χ3n) is 3.57. The Morgan fingerprint density at radius 1 is 1.20 bits per heavy atom. The summed E-state index contributed by atoms with van der Waals surface area (Å²) in [5.41, 5.74) is 0. The first kappa shape index (κ1) is 17.6. The molecule has 20 heavy (non-hydrogen) atoms. The summed E-state index contributed by atoms with van der Waals surface area (Å²) < 4.78 is 10.8. The van der Waals surface area contributed by atoms with Gasteiger partial charge in [0.2, 0.25) is 0 Å². The zero-order chi connectivity index (χ0) is 14.8. The Labute approximate surface area is 121 Å². The summed E-state index contributed by atoms with van der Waals surface area (Å²) in [5, 5.41) is 28.6. The van der Waals surface area contributed by atoms with Gasteiger partial charge < -0.3 is 24.8 Å². The third kappa shape index (κ3) is 5.89. The number of aliphatic hydroxyl groups is 3. The van der Waals surface area contributed by atoms with Gasteiger partial charge in [-0.05, 0) is 26.2 Å². The molecule has 5 heteroatoms. The molecule has 1 heterocycles. The van der Waals surface area contributed by atoms with Gasteiger partial charge in [0.05, 0.1) is 13.2 Å². The van der Waals surface area contributed by atoms with Crippen LogP contribution in [0, 0.1) is 0 Å². The Hall–Kier alpha value is -0.460. The smallest absolute Gasteiger partial charge is 0.114 e. The van der Waals surface area contributed by atoms with Gasteiger partial charge in [0, 0.05) is 6.61 Å². The molecule has 1 saturated heterocycles. The Bertz CT molecular complexity index is 267. The fourth-order valence-electron chi connectivity index (χ4n) is 2.32. The maximum absolute atomic E-state index is 9.87. The first-order valence-electron chi connectivity index (χ1n) is 7.52. The molecular weight excluding hydrogens is 260 g/mol. The molecule has 1 aliphatic rings. The van der Waals surface area contributed by atoms with Crippen molar-refractivity contribution in [2.45, 2.75) is 63.4 Å². The van der Waals surface area contributed by atoms with Gasteiger partial charge in [-0.3, -0.25) is 0 Å². The van der Waals surface area contributed by atoms with Gasteiger partial charge >= 0.3 is 0 Å². The molecule has 5 nitrogen and oxygen atoms in total. The first-order valence-corrected chi connectivity index (χ1v) is 7.52. The molecule has 1 aliphatic heterocycles. The number of aliphatic hydroxyl groups excluding tert-OH is 3. The van der Waals surface area contributed by atoms with Crippen LogP contribution in [0.5, 0.6) is 0 Å². The predicted molar refractivity (Wildman–Crippen MR) is 76.5 cm³/mol. The molecule has 0 aromatic rings. The van der Waals surface area contributed by atoms with Crippen LogP contribution in [-0.4, -0.2) is 59.6 Å². The molecule has 1 rings (SSSR count). The molecule has 0 radical (unpaired) electrons. The fourth-order valence-corrected chi connectivity index (χ4v) is 2.32. The SMILES string of the molecule is C/C=C/CCCCCCO[C@@H]1[C@@H](O)[C@H](O)CO[C@H]1CO. The lowest BCUT2D eigenvalue weighted by molar-refractivity contribution is -0.211. The number of hydrogen-bond acceptors (Lipinski definition) is 5. The number of hydrogen-bond donors (Lipinski definition) is 3. The molecule has 1 fully saturated rings. The summed E-state index contributed by atoms with van der Waals surface area (Å²) >= 11 is 0. The average molecular weight is 288 g/mol. The molecule has 0 spiro atoms. The van der Waals surface area contributed by atoms with Crippen molar-refractivity contribution in [3.8, 4) is 0 Å². The van der Waals surface area contributed by atoms with E-state index in [1.165, 1.54) is 6.42 Å². The molecule has 0 saturated carbocycles. The lowest BCUT2D eigenvalue weighted by Crippen LogP contribution is -2.55. The zero-order valence-corrected chi connectivity index (χ0v) is 12.3. The quantitative estimate of drug-likeness (QED) is 0.436. The minimum absolute atomic E-state index is 0.0389. The van der Waals surface area contributed by atoms with Crippen LogP contribution in [0.15, 0.2) is 12.2 Å². The molecular formula is C15H28O5. The second kappa shape index (κ2) is 10.3.